The number of rotatable bonds is 6. The molecule has 0 aliphatic rings. The van der Waals surface area contributed by atoms with Crippen molar-refractivity contribution in [2.75, 3.05) is 18.6 Å². The van der Waals surface area contributed by atoms with Crippen LogP contribution in [0.15, 0.2) is 63.3 Å². The Morgan fingerprint density at radius 2 is 1.70 bits per heavy atom. The van der Waals surface area contributed by atoms with Gasteiger partial charge < -0.3 is 10.5 Å². The van der Waals surface area contributed by atoms with Crippen molar-refractivity contribution in [1.29, 1.82) is 0 Å². The fourth-order valence-electron chi connectivity index (χ4n) is 2.74. The van der Waals surface area contributed by atoms with Crippen molar-refractivity contribution in [3.8, 4) is 0 Å². The third-order valence-electron chi connectivity index (χ3n) is 4.40. The van der Waals surface area contributed by atoms with Gasteiger partial charge in [0.1, 0.15) is 0 Å². The molecule has 0 bridgehead atoms. The first-order chi connectivity index (χ1) is 15.6. The third kappa shape index (κ3) is 6.29. The maximum Gasteiger partial charge on any atom is 0.413 e. The van der Waals surface area contributed by atoms with Gasteiger partial charge in [-0.1, -0.05) is 25.1 Å². The first kappa shape index (κ1) is 25.3. The number of primary amides is 1. The fraction of sp³-hybridized carbons (Fsp3) is 0.238. The lowest BCUT2D eigenvalue weighted by molar-refractivity contribution is -0.119. The monoisotopic (exact) mass is 475 g/mol. The minimum Gasteiger partial charge on any atom is -0.453 e. The Balaban J connectivity index is 2.72. The number of guanidine groups is 1. The molecule has 0 saturated heterocycles. The number of methoxy groups -OCH3 is 1. The van der Waals surface area contributed by atoms with Crippen LogP contribution < -0.4 is 21.3 Å². The zero-order valence-electron chi connectivity index (χ0n) is 18.4. The molecule has 2 aromatic rings. The van der Waals surface area contributed by atoms with E-state index in [1.165, 1.54) is 30.3 Å². The molecular weight excluding hydrogens is 450 g/mol. The quantitative estimate of drug-likeness (QED) is 0.429. The van der Waals surface area contributed by atoms with E-state index in [1.807, 2.05) is 0 Å². The predicted octanol–water partition coefficient (Wildman–Crippen LogP) is 2.29. The number of hydrogen-bond acceptors (Lipinski definition) is 7. The van der Waals surface area contributed by atoms with Crippen molar-refractivity contribution in [2.45, 2.75) is 30.1 Å². The fourth-order valence-corrected chi connectivity index (χ4v) is 4.05. The zero-order valence-corrected chi connectivity index (χ0v) is 19.2. The second-order valence-corrected chi connectivity index (χ2v) is 8.48. The Labute approximate surface area is 191 Å². The second kappa shape index (κ2) is 11.1. The highest BCUT2D eigenvalue weighted by Gasteiger charge is 2.22. The molecule has 0 aliphatic heterocycles. The number of aliphatic imine (C=N–C) groups is 1. The van der Waals surface area contributed by atoms with Gasteiger partial charge >= 0.3 is 12.1 Å². The van der Waals surface area contributed by atoms with E-state index in [1.54, 1.807) is 32.0 Å². The van der Waals surface area contributed by atoms with E-state index in [0.29, 0.717) is 0 Å². The molecular formula is C21H25N5O6S. The smallest absolute Gasteiger partial charge is 0.413 e. The Bertz CT molecular complexity index is 1140. The summed E-state index contributed by atoms with van der Waals surface area (Å²) in [6.07, 6.45) is -0.832. The van der Waals surface area contributed by atoms with Crippen molar-refractivity contribution < 1.29 is 27.5 Å². The van der Waals surface area contributed by atoms with Crippen molar-refractivity contribution in [3.05, 3.63) is 48.5 Å². The largest absolute Gasteiger partial charge is 0.453 e. The first-order valence-corrected chi connectivity index (χ1v) is 11.4. The minimum atomic E-state index is -3.93. The molecule has 11 nitrogen and oxygen atoms in total. The van der Waals surface area contributed by atoms with E-state index in [0.717, 1.165) is 12.0 Å². The lowest BCUT2D eigenvalue weighted by atomic mass is 10.2. The van der Waals surface area contributed by atoms with Crippen molar-refractivity contribution in [2.24, 2.45) is 10.7 Å². The summed E-state index contributed by atoms with van der Waals surface area (Å²) in [5, 5.41) is 4.66. The standard InChI is InChI=1S/C21H25N5O6S/c1-4-18(27)24-20(25-21(29)32-3)23-16-13-15(11-12-17(16)26(5-2)19(22)28)33(30,31)14-9-7-6-8-10-14/h6-13H,4-5H2,1-3H3,(H2,22,28)(H2,23,24,25,27,29). The summed E-state index contributed by atoms with van der Waals surface area (Å²) in [6, 6.07) is 10.9. The second-order valence-electron chi connectivity index (χ2n) is 6.53. The maximum absolute atomic E-state index is 13.1. The van der Waals surface area contributed by atoms with Gasteiger partial charge in [0.05, 0.1) is 28.3 Å². The number of benzene rings is 2. The number of hydrogen-bond donors (Lipinski definition) is 3. The average molecular weight is 476 g/mol. The molecule has 12 heteroatoms. The van der Waals surface area contributed by atoms with E-state index in [2.05, 4.69) is 20.4 Å². The molecule has 0 aromatic heterocycles. The summed E-state index contributed by atoms with van der Waals surface area (Å²) in [4.78, 5) is 40.9. The topological polar surface area (TPSA) is 160 Å². The van der Waals surface area contributed by atoms with Gasteiger partial charge in [0.15, 0.2) is 0 Å². The molecule has 0 fully saturated rings. The van der Waals surface area contributed by atoms with Gasteiger partial charge in [-0.25, -0.2) is 23.0 Å². The molecule has 0 unspecified atom stereocenters. The maximum atomic E-state index is 13.1. The van der Waals surface area contributed by atoms with Crippen molar-refractivity contribution in [1.82, 2.24) is 10.6 Å². The first-order valence-electron chi connectivity index (χ1n) is 9.88. The van der Waals surface area contributed by atoms with Crippen molar-refractivity contribution >= 4 is 45.2 Å². The molecule has 4 amide bonds. The lowest BCUT2D eigenvalue weighted by Gasteiger charge is -2.21. The lowest BCUT2D eigenvalue weighted by Crippen LogP contribution is -2.43. The molecule has 0 aliphatic carbocycles. The van der Waals surface area contributed by atoms with Crippen LogP contribution in [0.4, 0.5) is 21.0 Å². The highest BCUT2D eigenvalue weighted by molar-refractivity contribution is 7.91. The molecule has 0 heterocycles. The van der Waals surface area contributed by atoms with E-state index in [-0.39, 0.29) is 40.1 Å². The minimum absolute atomic E-state index is 0.0320. The number of carbonyl (C=O) groups is 3. The van der Waals surface area contributed by atoms with Gasteiger partial charge in [-0.2, -0.15) is 0 Å². The number of amides is 4. The Morgan fingerprint density at radius 1 is 1.03 bits per heavy atom. The zero-order chi connectivity index (χ0) is 24.6. The van der Waals surface area contributed by atoms with E-state index >= 15 is 0 Å². The number of ether oxygens (including phenoxy) is 1. The molecule has 4 N–H and O–H groups in total. The highest BCUT2D eigenvalue weighted by atomic mass is 32.2. The third-order valence-corrected chi connectivity index (χ3v) is 6.17. The molecule has 2 aromatic carbocycles. The van der Waals surface area contributed by atoms with Crippen LogP contribution in [-0.4, -0.2) is 46.1 Å². The van der Waals surface area contributed by atoms with Crippen LogP contribution in [0.2, 0.25) is 0 Å². The summed E-state index contributed by atoms with van der Waals surface area (Å²) in [5.41, 5.74) is 5.60. The summed E-state index contributed by atoms with van der Waals surface area (Å²) in [6.45, 7) is 3.42. The molecule has 0 saturated carbocycles. The average Bonchev–Trinajstić information content (AvgIpc) is 2.80. The molecule has 0 atom stereocenters. The van der Waals surface area contributed by atoms with Crippen LogP contribution in [0.5, 0.6) is 0 Å². The molecule has 0 spiro atoms. The number of alkyl carbamates (subject to hydrolysis) is 1. The van der Waals surface area contributed by atoms with Crippen LogP contribution in [0.25, 0.3) is 0 Å². The van der Waals surface area contributed by atoms with Crippen LogP contribution in [0.3, 0.4) is 0 Å². The van der Waals surface area contributed by atoms with Crippen LogP contribution >= 0.6 is 0 Å². The van der Waals surface area contributed by atoms with Crippen LogP contribution in [0.1, 0.15) is 20.3 Å². The van der Waals surface area contributed by atoms with Gasteiger partial charge in [-0.05, 0) is 37.3 Å². The number of anilines is 1. The Morgan fingerprint density at radius 3 is 2.24 bits per heavy atom. The number of nitrogens with one attached hydrogen (secondary N) is 2. The Hall–Kier alpha value is -3.93. The number of urea groups is 1. The van der Waals surface area contributed by atoms with Gasteiger partial charge in [0.2, 0.25) is 21.7 Å². The SMILES string of the molecule is CCC(=O)NC(=Nc1cc(S(=O)(=O)c2ccccc2)ccc1N(CC)C(N)=O)NC(=O)OC. The normalized spacial score (nSPS) is 11.4. The summed E-state index contributed by atoms with van der Waals surface area (Å²) < 4.78 is 30.7. The van der Waals surface area contributed by atoms with Crippen LogP contribution in [-0.2, 0) is 19.4 Å². The highest BCUT2D eigenvalue weighted by Crippen LogP contribution is 2.33. The van der Waals surface area contributed by atoms with Gasteiger partial charge in [0.25, 0.3) is 0 Å². The van der Waals surface area contributed by atoms with Crippen LogP contribution in [0, 0.1) is 0 Å². The molecule has 33 heavy (non-hydrogen) atoms. The van der Waals surface area contributed by atoms with Gasteiger partial charge in [-0.3, -0.25) is 20.3 Å². The van der Waals surface area contributed by atoms with E-state index in [4.69, 9.17) is 5.73 Å². The van der Waals surface area contributed by atoms with E-state index < -0.39 is 27.9 Å². The number of carbonyl (C=O) groups excluding carboxylic acids is 3. The summed E-state index contributed by atoms with van der Waals surface area (Å²) >= 11 is 0. The number of nitrogens with zero attached hydrogens (tertiary/aromatic N) is 2. The molecule has 176 valence electrons. The number of nitrogens with two attached hydrogens (primary N) is 1. The molecule has 2 rings (SSSR count). The van der Waals surface area contributed by atoms with Gasteiger partial charge in [-0.15, -0.1) is 0 Å². The number of sulfone groups is 1. The van der Waals surface area contributed by atoms with E-state index in [9.17, 15) is 22.8 Å². The Kier molecular flexibility index (Phi) is 8.51. The van der Waals surface area contributed by atoms with Gasteiger partial charge in [0, 0.05) is 13.0 Å². The summed E-state index contributed by atoms with van der Waals surface area (Å²) in [7, 11) is -2.80. The predicted molar refractivity (Wildman–Crippen MR) is 122 cm³/mol. The van der Waals surface area contributed by atoms with Crippen molar-refractivity contribution in [3.63, 3.8) is 0 Å². The molecule has 0 radical (unpaired) electrons. The summed E-state index contributed by atoms with van der Waals surface area (Å²) in [5.74, 6) is -0.785.